The number of Topliss-reactive ketones (excluding diaryl/α,β-unsaturated/α-hetero) is 1. The molecule has 0 fully saturated rings. The average Bonchev–Trinajstić information content (AvgIpc) is 3.20. The van der Waals surface area contributed by atoms with Crippen molar-refractivity contribution in [3.63, 3.8) is 0 Å². The molecule has 10 heteroatoms. The molecule has 0 aliphatic heterocycles. The highest BCUT2D eigenvalue weighted by molar-refractivity contribution is 7.17. The second-order valence-electron chi connectivity index (χ2n) is 7.84. The lowest BCUT2D eigenvalue weighted by Crippen LogP contribution is -2.22. The molecule has 8 nitrogen and oxygen atoms in total. The van der Waals surface area contributed by atoms with Gasteiger partial charge in [0.1, 0.15) is 16.6 Å². The minimum atomic E-state index is -0.766. The van der Waals surface area contributed by atoms with Gasteiger partial charge in [-0.3, -0.25) is 14.9 Å². The fourth-order valence-electron chi connectivity index (χ4n) is 3.31. The predicted octanol–water partition coefficient (Wildman–Crippen LogP) is 5.62. The largest absolute Gasteiger partial charge is 0.508 e. The van der Waals surface area contributed by atoms with E-state index in [-0.39, 0.29) is 17.2 Å². The van der Waals surface area contributed by atoms with Crippen LogP contribution in [0.25, 0.3) is 0 Å². The van der Waals surface area contributed by atoms with Crippen molar-refractivity contribution in [3.8, 4) is 5.75 Å². The van der Waals surface area contributed by atoms with Crippen molar-refractivity contribution in [2.24, 2.45) is 11.5 Å². The lowest BCUT2D eigenvalue weighted by atomic mass is 10.0. The molecular formula is C27H35FN4O4S. The Hall–Kier alpha value is -3.76. The summed E-state index contributed by atoms with van der Waals surface area (Å²) >= 11 is 1.29. The number of halogens is 1. The first kappa shape index (κ1) is 31.3. The Balaban J connectivity index is 0.000000475. The number of nitrogens with two attached hydrogens (primary N) is 2. The molecule has 3 aromatic rings. The van der Waals surface area contributed by atoms with Crippen LogP contribution in [-0.4, -0.2) is 29.9 Å². The summed E-state index contributed by atoms with van der Waals surface area (Å²) in [6.07, 6.45) is 2.25. The van der Waals surface area contributed by atoms with Crippen LogP contribution in [0.2, 0.25) is 0 Å². The van der Waals surface area contributed by atoms with Crippen molar-refractivity contribution in [1.29, 1.82) is 0 Å². The molecule has 3 rings (SSSR count). The van der Waals surface area contributed by atoms with Crippen LogP contribution >= 0.6 is 11.3 Å². The van der Waals surface area contributed by atoms with E-state index >= 15 is 0 Å². The van der Waals surface area contributed by atoms with Crippen molar-refractivity contribution < 1.29 is 23.9 Å². The number of anilines is 2. The van der Waals surface area contributed by atoms with E-state index in [1.807, 2.05) is 45.0 Å². The number of primary amides is 1. The molecule has 200 valence electrons. The maximum atomic E-state index is 13.7. The molecule has 0 saturated carbocycles. The van der Waals surface area contributed by atoms with Crippen LogP contribution in [0.3, 0.4) is 0 Å². The summed E-state index contributed by atoms with van der Waals surface area (Å²) in [4.78, 5) is 35.8. The van der Waals surface area contributed by atoms with E-state index in [4.69, 9.17) is 5.73 Å². The summed E-state index contributed by atoms with van der Waals surface area (Å²) in [7, 11) is 1.50. The van der Waals surface area contributed by atoms with Crippen molar-refractivity contribution in [1.82, 2.24) is 0 Å². The number of nitrogens with one attached hydrogen (secondary N) is 2. The zero-order chi connectivity index (χ0) is 28.1. The van der Waals surface area contributed by atoms with Crippen LogP contribution in [0.1, 0.15) is 63.9 Å². The second-order valence-corrected chi connectivity index (χ2v) is 8.95. The van der Waals surface area contributed by atoms with Crippen molar-refractivity contribution in [2.45, 2.75) is 47.0 Å². The van der Waals surface area contributed by atoms with E-state index in [0.29, 0.717) is 17.0 Å². The van der Waals surface area contributed by atoms with Gasteiger partial charge in [-0.25, -0.2) is 9.18 Å². The van der Waals surface area contributed by atoms with Gasteiger partial charge in [0.05, 0.1) is 11.3 Å². The van der Waals surface area contributed by atoms with E-state index in [1.54, 1.807) is 6.92 Å². The predicted molar refractivity (Wildman–Crippen MR) is 148 cm³/mol. The Bertz CT molecular complexity index is 1210. The molecule has 37 heavy (non-hydrogen) atoms. The molecule has 0 aliphatic rings. The first-order valence-corrected chi connectivity index (χ1v) is 12.5. The molecule has 0 atom stereocenters. The van der Waals surface area contributed by atoms with Gasteiger partial charge in [0.25, 0.3) is 5.91 Å². The van der Waals surface area contributed by atoms with Crippen LogP contribution < -0.4 is 22.1 Å². The molecule has 0 bridgehead atoms. The van der Waals surface area contributed by atoms with Crippen molar-refractivity contribution >= 4 is 39.7 Å². The van der Waals surface area contributed by atoms with Crippen LogP contribution in [0.5, 0.6) is 5.75 Å². The number of thiophene rings is 1. The van der Waals surface area contributed by atoms with Crippen LogP contribution in [0.4, 0.5) is 19.9 Å². The number of rotatable bonds is 7. The monoisotopic (exact) mass is 530 g/mol. The molecule has 0 saturated heterocycles. The molecule has 1 aromatic heterocycles. The van der Waals surface area contributed by atoms with Gasteiger partial charge >= 0.3 is 6.03 Å². The van der Waals surface area contributed by atoms with Gasteiger partial charge in [-0.1, -0.05) is 50.1 Å². The number of phenols is 1. The number of carbonyl (C=O) groups is 3. The number of hydrogen-bond acceptors (Lipinski definition) is 6. The van der Waals surface area contributed by atoms with Gasteiger partial charge in [-0.15, -0.1) is 11.3 Å². The third kappa shape index (κ3) is 9.32. The van der Waals surface area contributed by atoms with E-state index in [0.717, 1.165) is 34.9 Å². The number of carbonyl (C=O) groups excluding carboxylic acids is 3. The zero-order valence-electron chi connectivity index (χ0n) is 21.8. The molecule has 0 radical (unpaired) electrons. The number of benzene rings is 2. The second kappa shape index (κ2) is 15.4. The Morgan fingerprint density at radius 1 is 1.03 bits per heavy atom. The maximum Gasteiger partial charge on any atom is 0.324 e. The molecule has 3 amide bonds. The molecule has 0 spiro atoms. The molecule has 0 unspecified atom stereocenters. The molecular weight excluding hydrogens is 495 g/mol. The smallest absolute Gasteiger partial charge is 0.324 e. The molecule has 7 N–H and O–H groups in total. The highest BCUT2D eigenvalue weighted by Gasteiger charge is 2.22. The number of urea groups is 1. The van der Waals surface area contributed by atoms with Gasteiger partial charge in [-0.2, -0.15) is 0 Å². The van der Waals surface area contributed by atoms with E-state index in [9.17, 15) is 23.9 Å². The number of amides is 3. The summed E-state index contributed by atoms with van der Waals surface area (Å²) in [6, 6.07) is 10.3. The highest BCUT2D eigenvalue weighted by atomic mass is 32.1. The van der Waals surface area contributed by atoms with E-state index in [2.05, 4.69) is 16.4 Å². The standard InChI is InChI=1S/C17H20FN3O3S.C9H10O.CH5N/c1-3-5-10-13(4-2)25-16(14(10)15(19)23)21-17(24)20-12-7-6-9(22)8-11(12)18;1-7-3-5-9(6-4-7)8(2)10;1-2/h6-8,22H,3-5H2,1-2H3,(H2,19,23)(H2,20,21,24);3-6H,1-2H3;2H2,1H3. The summed E-state index contributed by atoms with van der Waals surface area (Å²) in [5.41, 5.74) is 13.0. The zero-order valence-corrected chi connectivity index (χ0v) is 22.6. The fourth-order valence-corrected chi connectivity index (χ4v) is 4.50. The Morgan fingerprint density at radius 3 is 2.14 bits per heavy atom. The van der Waals surface area contributed by atoms with Crippen molar-refractivity contribution in [3.05, 3.63) is 75.4 Å². The summed E-state index contributed by atoms with van der Waals surface area (Å²) in [5, 5.41) is 14.5. The van der Waals surface area contributed by atoms with E-state index in [1.165, 1.54) is 36.1 Å². The number of aryl methyl sites for hydroxylation is 2. The SMILES string of the molecule is CC(=O)c1ccc(C)cc1.CCCc1c(CC)sc(NC(=O)Nc2ccc(O)cc2F)c1C(N)=O.CN. The Morgan fingerprint density at radius 2 is 1.65 bits per heavy atom. The van der Waals surface area contributed by atoms with Crippen LogP contribution in [0, 0.1) is 12.7 Å². The fraction of sp³-hybridized carbons (Fsp3) is 0.296. The number of ketones is 1. The lowest BCUT2D eigenvalue weighted by molar-refractivity contribution is 0.0996. The van der Waals surface area contributed by atoms with Gasteiger partial charge in [0.15, 0.2) is 5.78 Å². The Labute approximate surface area is 220 Å². The lowest BCUT2D eigenvalue weighted by Gasteiger charge is -2.09. The average molecular weight is 531 g/mol. The number of phenolic OH excluding ortho intramolecular Hbond substituents is 1. The van der Waals surface area contributed by atoms with Crippen LogP contribution in [-0.2, 0) is 12.8 Å². The molecule has 1 heterocycles. The number of aromatic hydroxyl groups is 1. The van der Waals surface area contributed by atoms with E-state index < -0.39 is 17.8 Å². The quantitative estimate of drug-likeness (QED) is 0.199. The van der Waals surface area contributed by atoms with Gasteiger partial charge in [-0.05, 0) is 51.4 Å². The minimum Gasteiger partial charge on any atom is -0.508 e. The van der Waals surface area contributed by atoms with Gasteiger partial charge < -0.3 is 21.9 Å². The molecule has 0 aliphatic carbocycles. The first-order valence-electron chi connectivity index (χ1n) is 11.7. The summed E-state index contributed by atoms with van der Waals surface area (Å²) in [6.45, 7) is 7.54. The highest BCUT2D eigenvalue weighted by Crippen LogP contribution is 2.35. The van der Waals surface area contributed by atoms with Gasteiger partial charge in [0.2, 0.25) is 0 Å². The third-order valence-electron chi connectivity index (χ3n) is 5.04. The summed E-state index contributed by atoms with van der Waals surface area (Å²) in [5.74, 6) is -1.49. The third-order valence-corrected chi connectivity index (χ3v) is 6.34. The minimum absolute atomic E-state index is 0.0861. The first-order chi connectivity index (χ1) is 17.6. The summed E-state index contributed by atoms with van der Waals surface area (Å²) < 4.78 is 13.7. The van der Waals surface area contributed by atoms with Crippen LogP contribution in [0.15, 0.2) is 42.5 Å². The van der Waals surface area contributed by atoms with Crippen molar-refractivity contribution in [2.75, 3.05) is 17.7 Å². The maximum absolute atomic E-state index is 13.7. The topological polar surface area (TPSA) is 148 Å². The van der Waals surface area contributed by atoms with Gasteiger partial charge in [0, 0.05) is 16.5 Å². The Kier molecular flexibility index (Phi) is 13.0. The number of hydrogen-bond donors (Lipinski definition) is 5. The normalized spacial score (nSPS) is 9.81. The molecule has 2 aromatic carbocycles.